The average Bonchev–Trinajstić information content (AvgIpc) is 2.91. The molecule has 0 aliphatic carbocycles. The van der Waals surface area contributed by atoms with Gasteiger partial charge in [-0.3, -0.25) is 0 Å². The van der Waals surface area contributed by atoms with Crippen molar-refractivity contribution in [2.75, 3.05) is 6.54 Å². The molecule has 1 aromatic carbocycles. The summed E-state index contributed by atoms with van der Waals surface area (Å²) in [5.74, 6) is 7.54. The van der Waals surface area contributed by atoms with Crippen LogP contribution in [-0.2, 0) is 5.75 Å². The summed E-state index contributed by atoms with van der Waals surface area (Å²) in [7, 11) is 0. The zero-order chi connectivity index (χ0) is 14.4. The molecule has 2 aromatic rings. The number of thiophene rings is 1. The Morgan fingerprint density at radius 2 is 2.00 bits per heavy atom. The topological polar surface area (TPSA) is 26.0 Å². The van der Waals surface area contributed by atoms with Crippen LogP contribution in [0.2, 0.25) is 0 Å². The lowest BCUT2D eigenvalue weighted by molar-refractivity contribution is 0.865. The van der Waals surface area contributed by atoms with Crippen LogP contribution in [0, 0.1) is 11.8 Å². The highest BCUT2D eigenvalue weighted by Gasteiger charge is 2.02. The first-order chi connectivity index (χ1) is 9.69. The van der Waals surface area contributed by atoms with Gasteiger partial charge in [0.2, 0.25) is 0 Å². The molecule has 1 nitrogen and oxygen atoms in total. The van der Waals surface area contributed by atoms with Gasteiger partial charge in [0.05, 0.1) is 6.54 Å². The second kappa shape index (κ2) is 7.54. The fourth-order valence-electron chi connectivity index (χ4n) is 1.78. The summed E-state index contributed by atoms with van der Waals surface area (Å²) in [6.45, 7) is 4.86. The quantitative estimate of drug-likeness (QED) is 0.666. The monoisotopic (exact) mass is 301 g/mol. The van der Waals surface area contributed by atoms with E-state index in [1.807, 2.05) is 11.8 Å². The number of hydrogen-bond donors (Lipinski definition) is 1. The maximum Gasteiger partial charge on any atom is 0.0555 e. The van der Waals surface area contributed by atoms with Crippen molar-refractivity contribution in [1.29, 1.82) is 0 Å². The van der Waals surface area contributed by atoms with E-state index in [2.05, 4.69) is 61.4 Å². The van der Waals surface area contributed by atoms with Gasteiger partial charge in [-0.2, -0.15) is 0 Å². The third-order valence-electron chi connectivity index (χ3n) is 2.92. The molecule has 0 aliphatic heterocycles. The van der Waals surface area contributed by atoms with Gasteiger partial charge in [0, 0.05) is 26.5 Å². The number of rotatable bonds is 4. The first kappa shape index (κ1) is 15.2. The molecule has 0 radical (unpaired) electrons. The van der Waals surface area contributed by atoms with Gasteiger partial charge in [0.15, 0.2) is 0 Å². The maximum atomic E-state index is 5.38. The molecule has 0 saturated carbocycles. The van der Waals surface area contributed by atoms with E-state index in [9.17, 15) is 0 Å². The van der Waals surface area contributed by atoms with Gasteiger partial charge >= 0.3 is 0 Å². The molecule has 0 aliphatic rings. The lowest BCUT2D eigenvalue weighted by atomic mass is 10.0. The normalized spacial score (nSPS) is 10.4. The molecule has 3 heteroatoms. The van der Waals surface area contributed by atoms with Crippen molar-refractivity contribution in [1.82, 2.24) is 0 Å². The maximum absolute atomic E-state index is 5.38. The Kier molecular flexibility index (Phi) is 5.72. The van der Waals surface area contributed by atoms with Crippen LogP contribution in [-0.4, -0.2) is 6.54 Å². The van der Waals surface area contributed by atoms with Crippen LogP contribution < -0.4 is 5.73 Å². The van der Waals surface area contributed by atoms with Gasteiger partial charge in [-0.05, 0) is 29.7 Å². The van der Waals surface area contributed by atoms with Crippen molar-refractivity contribution in [2.45, 2.75) is 30.4 Å². The Labute approximate surface area is 129 Å². The van der Waals surface area contributed by atoms with Crippen molar-refractivity contribution in [3.05, 3.63) is 51.7 Å². The van der Waals surface area contributed by atoms with Gasteiger partial charge < -0.3 is 5.73 Å². The molecule has 2 rings (SSSR count). The van der Waals surface area contributed by atoms with E-state index < -0.39 is 0 Å². The third-order valence-corrected chi connectivity index (χ3v) is 5.10. The molecular formula is C17H19NS2. The summed E-state index contributed by atoms with van der Waals surface area (Å²) in [6, 6.07) is 11.0. The molecule has 104 valence electrons. The van der Waals surface area contributed by atoms with Gasteiger partial charge in [-0.15, -0.1) is 23.1 Å². The van der Waals surface area contributed by atoms with Gasteiger partial charge in [-0.1, -0.05) is 37.8 Å². The largest absolute Gasteiger partial charge is 0.320 e. The van der Waals surface area contributed by atoms with Gasteiger partial charge in [0.25, 0.3) is 0 Å². The molecule has 0 saturated heterocycles. The average molecular weight is 301 g/mol. The summed E-state index contributed by atoms with van der Waals surface area (Å²) >= 11 is 3.63. The molecule has 0 bridgehead atoms. The molecular weight excluding hydrogens is 282 g/mol. The van der Waals surface area contributed by atoms with E-state index in [0.717, 1.165) is 11.3 Å². The molecule has 1 aromatic heterocycles. The van der Waals surface area contributed by atoms with Crippen LogP contribution >= 0.6 is 23.1 Å². The summed E-state index contributed by atoms with van der Waals surface area (Å²) in [5, 5.41) is 2.10. The van der Waals surface area contributed by atoms with Crippen LogP contribution in [0.1, 0.15) is 35.8 Å². The smallest absolute Gasteiger partial charge is 0.0555 e. The standard InChI is InChI=1S/C17H19NS2/c1-13(2)15-5-7-16(8-6-15)20-12-17-10-14(11-19-17)4-3-9-18/h5-8,10-11,13H,9,12,18H2,1-2H3. The zero-order valence-electron chi connectivity index (χ0n) is 11.8. The Balaban J connectivity index is 1.93. The Morgan fingerprint density at radius 1 is 1.25 bits per heavy atom. The highest BCUT2D eigenvalue weighted by molar-refractivity contribution is 7.98. The zero-order valence-corrected chi connectivity index (χ0v) is 13.5. The molecule has 0 unspecified atom stereocenters. The Bertz CT molecular complexity index is 600. The molecule has 0 fully saturated rings. The van der Waals surface area contributed by atoms with Crippen LogP contribution in [0.5, 0.6) is 0 Å². The highest BCUT2D eigenvalue weighted by Crippen LogP contribution is 2.27. The third kappa shape index (κ3) is 4.42. The van der Waals surface area contributed by atoms with Crippen LogP contribution in [0.3, 0.4) is 0 Å². The molecule has 2 N–H and O–H groups in total. The molecule has 0 amide bonds. The predicted molar refractivity (Wildman–Crippen MR) is 90.3 cm³/mol. The second-order valence-corrected chi connectivity index (χ2v) is 6.86. The Hall–Kier alpha value is -1.21. The highest BCUT2D eigenvalue weighted by atomic mass is 32.2. The molecule has 0 atom stereocenters. The van der Waals surface area contributed by atoms with E-state index in [1.54, 1.807) is 11.3 Å². The molecule has 0 spiro atoms. The fraction of sp³-hybridized carbons (Fsp3) is 0.294. The molecule has 20 heavy (non-hydrogen) atoms. The number of hydrogen-bond acceptors (Lipinski definition) is 3. The van der Waals surface area contributed by atoms with Crippen LogP contribution in [0.25, 0.3) is 0 Å². The van der Waals surface area contributed by atoms with E-state index in [-0.39, 0.29) is 0 Å². The van der Waals surface area contributed by atoms with Crippen molar-refractivity contribution >= 4 is 23.1 Å². The SMILES string of the molecule is CC(C)c1ccc(SCc2cc(C#CCN)cs2)cc1. The number of nitrogens with two attached hydrogens (primary N) is 1. The summed E-state index contributed by atoms with van der Waals surface area (Å²) in [6.07, 6.45) is 0. The minimum Gasteiger partial charge on any atom is -0.320 e. The second-order valence-electron chi connectivity index (χ2n) is 4.82. The van der Waals surface area contributed by atoms with Gasteiger partial charge in [-0.25, -0.2) is 0 Å². The van der Waals surface area contributed by atoms with E-state index in [4.69, 9.17) is 5.73 Å². The van der Waals surface area contributed by atoms with E-state index in [0.29, 0.717) is 12.5 Å². The lowest BCUT2D eigenvalue weighted by Gasteiger charge is -2.06. The number of thioether (sulfide) groups is 1. The first-order valence-corrected chi connectivity index (χ1v) is 8.54. The number of benzene rings is 1. The van der Waals surface area contributed by atoms with Crippen molar-refractivity contribution in [3.63, 3.8) is 0 Å². The minimum absolute atomic E-state index is 0.419. The van der Waals surface area contributed by atoms with Crippen molar-refractivity contribution < 1.29 is 0 Å². The fourth-order valence-corrected chi connectivity index (χ4v) is 3.55. The van der Waals surface area contributed by atoms with E-state index >= 15 is 0 Å². The lowest BCUT2D eigenvalue weighted by Crippen LogP contribution is -1.92. The van der Waals surface area contributed by atoms with Crippen molar-refractivity contribution in [3.8, 4) is 11.8 Å². The van der Waals surface area contributed by atoms with E-state index in [1.165, 1.54) is 15.3 Å². The predicted octanol–water partition coefficient (Wildman–Crippen LogP) is 4.47. The minimum atomic E-state index is 0.419. The molecule has 1 heterocycles. The van der Waals surface area contributed by atoms with Crippen LogP contribution in [0.15, 0.2) is 40.6 Å². The summed E-state index contributed by atoms with van der Waals surface area (Å²) in [4.78, 5) is 2.67. The Morgan fingerprint density at radius 3 is 2.65 bits per heavy atom. The van der Waals surface area contributed by atoms with Crippen molar-refractivity contribution in [2.24, 2.45) is 5.73 Å². The summed E-state index contributed by atoms with van der Waals surface area (Å²) in [5.41, 5.74) is 7.85. The summed E-state index contributed by atoms with van der Waals surface area (Å²) < 4.78 is 0. The van der Waals surface area contributed by atoms with Crippen LogP contribution in [0.4, 0.5) is 0 Å². The first-order valence-electron chi connectivity index (χ1n) is 6.68. The van der Waals surface area contributed by atoms with Gasteiger partial charge in [0.1, 0.15) is 0 Å².